The first-order valence-corrected chi connectivity index (χ1v) is 11.3. The van der Waals surface area contributed by atoms with Crippen LogP contribution in [-0.4, -0.2) is 73.1 Å². The molecule has 0 spiro atoms. The summed E-state index contributed by atoms with van der Waals surface area (Å²) in [5.74, 6) is 0.833. The molecule has 0 bridgehead atoms. The maximum Gasteiger partial charge on any atom is 0.241 e. The first-order valence-electron chi connectivity index (χ1n) is 11.3. The normalized spacial score (nSPS) is 22.9. The van der Waals surface area contributed by atoms with Gasteiger partial charge in [-0.25, -0.2) is 4.99 Å². The summed E-state index contributed by atoms with van der Waals surface area (Å²) in [5, 5.41) is 6.39. The highest BCUT2D eigenvalue weighted by Crippen LogP contribution is 2.15. The number of hydrogen-bond donors (Lipinski definition) is 2. The van der Waals surface area contributed by atoms with Gasteiger partial charge in [0.1, 0.15) is 0 Å². The predicted octanol–water partition coefficient (Wildman–Crippen LogP) is 1.97. The number of carbonyl (C=O) groups excluding carboxylic acids is 1. The number of guanidine groups is 1. The number of aliphatic imine (C=N–C) groups is 1. The number of amides is 1. The van der Waals surface area contributed by atoms with Crippen molar-refractivity contribution in [2.24, 2.45) is 4.99 Å². The molecule has 2 saturated heterocycles. The summed E-state index contributed by atoms with van der Waals surface area (Å²) in [6.45, 7) is 12.6. The Morgan fingerprint density at radius 2 is 1.70 bits per heavy atom. The standard InChI is InChI=1S/C23H37N5O2/c1-4-24-23(26-14-22(29)28-11-5-6-12-28)25-13-20-7-9-21(10-8-20)17-27-15-18(2)30-19(3)16-27/h7-10,18-19H,4-6,11-17H2,1-3H3,(H2,24,25,26). The van der Waals surface area contributed by atoms with Gasteiger partial charge in [-0.15, -0.1) is 0 Å². The van der Waals surface area contributed by atoms with Crippen molar-refractivity contribution in [1.29, 1.82) is 0 Å². The highest BCUT2D eigenvalue weighted by Gasteiger charge is 2.22. The molecule has 0 radical (unpaired) electrons. The van der Waals surface area contributed by atoms with Crippen molar-refractivity contribution < 1.29 is 9.53 Å². The van der Waals surface area contributed by atoms with Gasteiger partial charge >= 0.3 is 0 Å². The number of hydrogen-bond acceptors (Lipinski definition) is 4. The molecule has 1 amide bonds. The molecule has 7 heteroatoms. The van der Waals surface area contributed by atoms with Gasteiger partial charge in [0.15, 0.2) is 5.96 Å². The van der Waals surface area contributed by atoms with E-state index in [2.05, 4.69) is 58.6 Å². The molecule has 2 unspecified atom stereocenters. The van der Waals surface area contributed by atoms with E-state index in [1.165, 1.54) is 5.56 Å². The third kappa shape index (κ3) is 6.99. The monoisotopic (exact) mass is 415 g/mol. The smallest absolute Gasteiger partial charge is 0.241 e. The molecule has 2 atom stereocenters. The van der Waals surface area contributed by atoms with E-state index in [4.69, 9.17) is 4.74 Å². The lowest BCUT2D eigenvalue weighted by molar-refractivity contribution is -0.128. The molecule has 0 saturated carbocycles. The number of morpholine rings is 1. The van der Waals surface area contributed by atoms with Crippen LogP contribution in [0.4, 0.5) is 0 Å². The van der Waals surface area contributed by atoms with Gasteiger partial charge in [-0.05, 0) is 44.7 Å². The molecule has 0 aliphatic carbocycles. The summed E-state index contributed by atoms with van der Waals surface area (Å²) in [7, 11) is 0. The number of carbonyl (C=O) groups is 1. The quantitative estimate of drug-likeness (QED) is 0.526. The van der Waals surface area contributed by atoms with Crippen molar-refractivity contribution in [2.45, 2.75) is 58.9 Å². The van der Waals surface area contributed by atoms with E-state index in [1.54, 1.807) is 0 Å². The number of ether oxygens (including phenoxy) is 1. The van der Waals surface area contributed by atoms with Crippen LogP contribution in [0.5, 0.6) is 0 Å². The SMILES string of the molecule is CCNC(=NCc1ccc(CN2CC(C)OC(C)C2)cc1)NCC(=O)N1CCCC1. The third-order valence-corrected chi connectivity index (χ3v) is 5.55. The minimum Gasteiger partial charge on any atom is -0.373 e. The van der Waals surface area contributed by atoms with Gasteiger partial charge in [-0.3, -0.25) is 9.69 Å². The van der Waals surface area contributed by atoms with Crippen LogP contribution in [-0.2, 0) is 22.6 Å². The molecule has 30 heavy (non-hydrogen) atoms. The first-order chi connectivity index (χ1) is 14.5. The Balaban J connectivity index is 1.49. The van der Waals surface area contributed by atoms with Crippen LogP contribution < -0.4 is 10.6 Å². The Labute approximate surface area is 180 Å². The zero-order valence-corrected chi connectivity index (χ0v) is 18.7. The van der Waals surface area contributed by atoms with Crippen LogP contribution in [0, 0.1) is 0 Å². The zero-order valence-electron chi connectivity index (χ0n) is 18.7. The van der Waals surface area contributed by atoms with Gasteiger partial charge in [-0.1, -0.05) is 24.3 Å². The molecule has 2 aliphatic rings. The Kier molecular flexibility index (Phi) is 8.51. The van der Waals surface area contributed by atoms with Crippen molar-refractivity contribution in [3.63, 3.8) is 0 Å². The second-order valence-corrected chi connectivity index (χ2v) is 8.40. The summed E-state index contributed by atoms with van der Waals surface area (Å²) in [6, 6.07) is 8.66. The summed E-state index contributed by atoms with van der Waals surface area (Å²) in [6.07, 6.45) is 2.80. The minimum absolute atomic E-state index is 0.147. The third-order valence-electron chi connectivity index (χ3n) is 5.55. The summed E-state index contributed by atoms with van der Waals surface area (Å²) in [4.78, 5) is 21.3. The fourth-order valence-corrected chi connectivity index (χ4v) is 4.17. The lowest BCUT2D eigenvalue weighted by Gasteiger charge is -2.35. The summed E-state index contributed by atoms with van der Waals surface area (Å²) >= 11 is 0. The Morgan fingerprint density at radius 3 is 2.33 bits per heavy atom. The number of benzene rings is 1. The lowest BCUT2D eigenvalue weighted by atomic mass is 10.1. The molecule has 2 heterocycles. The van der Waals surface area contributed by atoms with Gasteiger partial charge in [0, 0.05) is 39.3 Å². The van der Waals surface area contributed by atoms with Gasteiger partial charge in [0.25, 0.3) is 0 Å². The van der Waals surface area contributed by atoms with E-state index in [0.717, 1.165) is 57.7 Å². The maximum atomic E-state index is 12.2. The lowest BCUT2D eigenvalue weighted by Crippen LogP contribution is -2.44. The Hall–Kier alpha value is -2.12. The van der Waals surface area contributed by atoms with E-state index in [1.807, 2.05) is 11.8 Å². The molecule has 2 aliphatic heterocycles. The van der Waals surface area contributed by atoms with Crippen LogP contribution in [0.3, 0.4) is 0 Å². The van der Waals surface area contributed by atoms with Crippen molar-refractivity contribution in [1.82, 2.24) is 20.4 Å². The zero-order chi connectivity index (χ0) is 21.3. The Morgan fingerprint density at radius 1 is 1.07 bits per heavy atom. The molecule has 7 nitrogen and oxygen atoms in total. The maximum absolute atomic E-state index is 12.2. The highest BCUT2D eigenvalue weighted by atomic mass is 16.5. The van der Waals surface area contributed by atoms with Crippen molar-refractivity contribution in [3.8, 4) is 0 Å². The van der Waals surface area contributed by atoms with Crippen molar-refractivity contribution >= 4 is 11.9 Å². The Bertz CT molecular complexity index is 690. The molecular weight excluding hydrogens is 378 g/mol. The van der Waals surface area contributed by atoms with Gasteiger partial charge in [0.2, 0.25) is 5.91 Å². The van der Waals surface area contributed by atoms with Crippen LogP contribution in [0.2, 0.25) is 0 Å². The summed E-state index contributed by atoms with van der Waals surface area (Å²) < 4.78 is 5.82. The van der Waals surface area contributed by atoms with Gasteiger partial charge in [0.05, 0.1) is 25.3 Å². The van der Waals surface area contributed by atoms with Gasteiger partial charge < -0.3 is 20.3 Å². The van der Waals surface area contributed by atoms with Crippen LogP contribution in [0.25, 0.3) is 0 Å². The molecular formula is C23H37N5O2. The summed E-state index contributed by atoms with van der Waals surface area (Å²) in [5.41, 5.74) is 2.47. The fraction of sp³-hybridized carbons (Fsp3) is 0.652. The van der Waals surface area contributed by atoms with Crippen molar-refractivity contribution in [3.05, 3.63) is 35.4 Å². The molecule has 3 rings (SSSR count). The van der Waals surface area contributed by atoms with Crippen molar-refractivity contribution in [2.75, 3.05) is 39.3 Å². The van der Waals surface area contributed by atoms with Gasteiger partial charge in [-0.2, -0.15) is 0 Å². The number of likely N-dealkylation sites (tertiary alicyclic amines) is 1. The van der Waals surface area contributed by atoms with E-state index in [0.29, 0.717) is 19.0 Å². The van der Waals surface area contributed by atoms with E-state index in [-0.39, 0.29) is 18.1 Å². The van der Waals surface area contributed by atoms with Crippen LogP contribution >= 0.6 is 0 Å². The number of nitrogens with one attached hydrogen (secondary N) is 2. The number of nitrogens with zero attached hydrogens (tertiary/aromatic N) is 3. The molecule has 2 N–H and O–H groups in total. The van der Waals surface area contributed by atoms with E-state index in [9.17, 15) is 4.79 Å². The second-order valence-electron chi connectivity index (χ2n) is 8.40. The first kappa shape index (κ1) is 22.6. The van der Waals surface area contributed by atoms with Crippen LogP contribution in [0.1, 0.15) is 44.7 Å². The number of rotatable bonds is 7. The topological polar surface area (TPSA) is 69.2 Å². The fourth-order valence-electron chi connectivity index (χ4n) is 4.17. The van der Waals surface area contributed by atoms with Crippen LogP contribution in [0.15, 0.2) is 29.3 Å². The predicted molar refractivity (Wildman–Crippen MR) is 120 cm³/mol. The highest BCUT2D eigenvalue weighted by molar-refractivity contribution is 5.86. The van der Waals surface area contributed by atoms with E-state index >= 15 is 0 Å². The molecule has 1 aromatic carbocycles. The average molecular weight is 416 g/mol. The van der Waals surface area contributed by atoms with E-state index < -0.39 is 0 Å². The molecule has 166 valence electrons. The largest absolute Gasteiger partial charge is 0.373 e. The molecule has 1 aromatic rings. The second kappa shape index (κ2) is 11.3. The minimum atomic E-state index is 0.147. The average Bonchev–Trinajstić information content (AvgIpc) is 3.25. The molecule has 0 aromatic heterocycles. The molecule has 2 fully saturated rings.